The molecule has 0 spiro atoms. The van der Waals surface area contributed by atoms with Gasteiger partial charge in [0.05, 0.1) is 27.4 Å². The van der Waals surface area contributed by atoms with E-state index in [1.165, 1.54) is 24.3 Å². The SMILES string of the molecule is O=S(=O)(CC(O)CS(=O)(=O)c1ccccc1)c1ccccc1. The van der Waals surface area contributed by atoms with Crippen molar-refractivity contribution in [2.75, 3.05) is 11.5 Å². The highest BCUT2D eigenvalue weighted by Gasteiger charge is 2.25. The van der Waals surface area contributed by atoms with Crippen LogP contribution in [-0.4, -0.2) is 39.6 Å². The molecule has 2 rings (SSSR count). The molecule has 0 atom stereocenters. The maximum absolute atomic E-state index is 12.1. The number of aliphatic hydroxyl groups is 1. The van der Waals surface area contributed by atoms with Crippen molar-refractivity contribution < 1.29 is 21.9 Å². The molecule has 22 heavy (non-hydrogen) atoms. The fourth-order valence-electron chi connectivity index (χ4n) is 2.00. The monoisotopic (exact) mass is 340 g/mol. The van der Waals surface area contributed by atoms with Gasteiger partial charge in [-0.15, -0.1) is 0 Å². The molecule has 0 saturated heterocycles. The number of hydrogen-bond donors (Lipinski definition) is 1. The summed E-state index contributed by atoms with van der Waals surface area (Å²) in [6.45, 7) is 0. The fraction of sp³-hybridized carbons (Fsp3) is 0.200. The topological polar surface area (TPSA) is 88.5 Å². The predicted octanol–water partition coefficient (Wildman–Crippen LogP) is 1.30. The highest BCUT2D eigenvalue weighted by molar-refractivity contribution is 7.92. The van der Waals surface area contributed by atoms with E-state index in [-0.39, 0.29) is 9.79 Å². The molecule has 0 aromatic heterocycles. The Morgan fingerprint density at radius 2 is 1.00 bits per heavy atom. The van der Waals surface area contributed by atoms with Crippen LogP contribution in [-0.2, 0) is 19.7 Å². The van der Waals surface area contributed by atoms with Crippen molar-refractivity contribution in [2.45, 2.75) is 15.9 Å². The molecule has 0 amide bonds. The summed E-state index contributed by atoms with van der Waals surface area (Å²) in [6, 6.07) is 15.3. The van der Waals surface area contributed by atoms with E-state index in [4.69, 9.17) is 0 Å². The molecule has 0 radical (unpaired) electrons. The maximum atomic E-state index is 12.1. The second-order valence-electron chi connectivity index (χ2n) is 4.84. The zero-order chi connectivity index (χ0) is 16.2. The van der Waals surface area contributed by atoms with Gasteiger partial charge < -0.3 is 5.11 Å². The summed E-state index contributed by atoms with van der Waals surface area (Å²) in [4.78, 5) is 0.123. The molecule has 5 nitrogen and oxygen atoms in total. The van der Waals surface area contributed by atoms with E-state index in [0.717, 1.165) is 0 Å². The highest BCUT2D eigenvalue weighted by atomic mass is 32.2. The first kappa shape index (κ1) is 16.7. The molecule has 0 aliphatic carbocycles. The minimum absolute atomic E-state index is 0.0613. The Kier molecular flexibility index (Phi) is 5.00. The van der Waals surface area contributed by atoms with Crippen LogP contribution in [0.25, 0.3) is 0 Å². The first-order valence-corrected chi connectivity index (χ1v) is 9.85. The van der Waals surface area contributed by atoms with Crippen LogP contribution in [0.5, 0.6) is 0 Å². The largest absolute Gasteiger partial charge is 0.391 e. The molecule has 1 N–H and O–H groups in total. The van der Waals surface area contributed by atoms with Crippen LogP contribution >= 0.6 is 0 Å². The van der Waals surface area contributed by atoms with E-state index >= 15 is 0 Å². The number of rotatable bonds is 6. The van der Waals surface area contributed by atoms with Gasteiger partial charge in [0.2, 0.25) is 0 Å². The maximum Gasteiger partial charge on any atom is 0.180 e. The van der Waals surface area contributed by atoms with Crippen LogP contribution in [0.15, 0.2) is 70.5 Å². The van der Waals surface area contributed by atoms with E-state index in [2.05, 4.69) is 0 Å². The van der Waals surface area contributed by atoms with Crippen LogP contribution < -0.4 is 0 Å². The lowest BCUT2D eigenvalue weighted by molar-refractivity contribution is 0.220. The Hall–Kier alpha value is -1.70. The lowest BCUT2D eigenvalue weighted by Crippen LogP contribution is -2.28. The summed E-state index contributed by atoms with van der Waals surface area (Å²) in [7, 11) is -7.46. The standard InChI is InChI=1S/C15H16O5S2/c16-13(11-21(17,18)14-7-3-1-4-8-14)12-22(19,20)15-9-5-2-6-10-15/h1-10,13,16H,11-12H2. The molecule has 2 aromatic rings. The minimum atomic E-state index is -3.73. The normalized spacial score (nSPS) is 12.5. The van der Waals surface area contributed by atoms with Gasteiger partial charge in [-0.05, 0) is 24.3 Å². The van der Waals surface area contributed by atoms with Gasteiger partial charge in [0, 0.05) is 0 Å². The molecule has 0 heterocycles. The minimum Gasteiger partial charge on any atom is -0.391 e. The van der Waals surface area contributed by atoms with Crippen molar-refractivity contribution in [3.63, 3.8) is 0 Å². The van der Waals surface area contributed by atoms with Crippen LogP contribution in [0.4, 0.5) is 0 Å². The molecular formula is C15H16O5S2. The van der Waals surface area contributed by atoms with Gasteiger partial charge in [-0.2, -0.15) is 0 Å². The van der Waals surface area contributed by atoms with E-state index in [1.54, 1.807) is 36.4 Å². The number of benzene rings is 2. The number of sulfone groups is 2. The molecule has 2 aromatic carbocycles. The van der Waals surface area contributed by atoms with E-state index < -0.39 is 37.3 Å². The summed E-state index contributed by atoms with van der Waals surface area (Å²) < 4.78 is 48.4. The predicted molar refractivity (Wildman–Crippen MR) is 83.0 cm³/mol. The van der Waals surface area contributed by atoms with Crippen molar-refractivity contribution >= 4 is 19.7 Å². The molecule has 0 aliphatic rings. The van der Waals surface area contributed by atoms with Gasteiger partial charge in [-0.3, -0.25) is 0 Å². The van der Waals surface area contributed by atoms with E-state index in [0.29, 0.717) is 0 Å². The molecule has 7 heteroatoms. The van der Waals surface area contributed by atoms with Crippen molar-refractivity contribution in [1.29, 1.82) is 0 Å². The van der Waals surface area contributed by atoms with E-state index in [1.807, 2.05) is 0 Å². The lowest BCUT2D eigenvalue weighted by atomic mass is 10.4. The molecule has 0 bridgehead atoms. The van der Waals surface area contributed by atoms with Crippen LogP contribution in [0, 0.1) is 0 Å². The van der Waals surface area contributed by atoms with Gasteiger partial charge in [-0.25, -0.2) is 16.8 Å². The first-order chi connectivity index (χ1) is 10.3. The smallest absolute Gasteiger partial charge is 0.180 e. The third-order valence-corrected chi connectivity index (χ3v) is 6.66. The molecule has 0 aliphatic heterocycles. The summed E-state index contributed by atoms with van der Waals surface area (Å²) in [5, 5.41) is 9.88. The van der Waals surface area contributed by atoms with Gasteiger partial charge in [0.1, 0.15) is 0 Å². The Labute approximate surface area is 130 Å². The third-order valence-electron chi connectivity index (χ3n) is 3.03. The number of hydrogen-bond acceptors (Lipinski definition) is 5. The van der Waals surface area contributed by atoms with Crippen molar-refractivity contribution in [3.8, 4) is 0 Å². The Morgan fingerprint density at radius 1 is 0.682 bits per heavy atom. The summed E-state index contributed by atoms with van der Waals surface area (Å²) in [5.74, 6) is -1.27. The summed E-state index contributed by atoms with van der Waals surface area (Å²) in [5.41, 5.74) is 0. The Bertz CT molecular complexity index is 741. The summed E-state index contributed by atoms with van der Waals surface area (Å²) >= 11 is 0. The molecule has 0 fully saturated rings. The molecular weight excluding hydrogens is 324 g/mol. The molecule has 0 unspecified atom stereocenters. The third kappa shape index (κ3) is 4.16. The fourth-order valence-corrected chi connectivity index (χ4v) is 4.93. The first-order valence-electron chi connectivity index (χ1n) is 6.55. The van der Waals surface area contributed by atoms with Gasteiger partial charge in [0.15, 0.2) is 19.7 Å². The average Bonchev–Trinajstić information content (AvgIpc) is 2.48. The zero-order valence-corrected chi connectivity index (χ0v) is 13.3. The van der Waals surface area contributed by atoms with Crippen LogP contribution in [0.2, 0.25) is 0 Å². The van der Waals surface area contributed by atoms with Crippen LogP contribution in [0.3, 0.4) is 0 Å². The van der Waals surface area contributed by atoms with Crippen LogP contribution in [0.1, 0.15) is 0 Å². The van der Waals surface area contributed by atoms with Crippen molar-refractivity contribution in [1.82, 2.24) is 0 Å². The molecule has 118 valence electrons. The van der Waals surface area contributed by atoms with Crippen molar-refractivity contribution in [2.24, 2.45) is 0 Å². The average molecular weight is 340 g/mol. The van der Waals surface area contributed by atoms with Gasteiger partial charge in [0.25, 0.3) is 0 Å². The van der Waals surface area contributed by atoms with E-state index in [9.17, 15) is 21.9 Å². The second-order valence-corrected chi connectivity index (χ2v) is 8.91. The van der Waals surface area contributed by atoms with Gasteiger partial charge >= 0.3 is 0 Å². The quantitative estimate of drug-likeness (QED) is 0.856. The lowest BCUT2D eigenvalue weighted by Gasteiger charge is -2.12. The number of aliphatic hydroxyl groups excluding tert-OH is 1. The Balaban J connectivity index is 2.12. The Morgan fingerprint density at radius 3 is 1.32 bits per heavy atom. The highest BCUT2D eigenvalue weighted by Crippen LogP contribution is 2.15. The summed E-state index contributed by atoms with van der Waals surface area (Å²) in [6.07, 6.45) is -1.49. The zero-order valence-electron chi connectivity index (χ0n) is 11.7. The molecule has 0 saturated carbocycles. The van der Waals surface area contributed by atoms with Gasteiger partial charge in [-0.1, -0.05) is 36.4 Å². The second kappa shape index (κ2) is 6.60. The van der Waals surface area contributed by atoms with Crippen molar-refractivity contribution in [3.05, 3.63) is 60.7 Å².